The predicted octanol–water partition coefficient (Wildman–Crippen LogP) is 5.35. The van der Waals surface area contributed by atoms with Crippen LogP contribution < -0.4 is 0 Å². The monoisotopic (exact) mass is 381 g/mol. The molecule has 0 saturated carbocycles. The number of carbonyl (C=O) groups excluding carboxylic acids is 1. The van der Waals surface area contributed by atoms with E-state index in [1.807, 2.05) is 43.3 Å². The molecule has 0 aromatic heterocycles. The molecule has 0 fully saturated rings. The van der Waals surface area contributed by atoms with Gasteiger partial charge in [0.05, 0.1) is 6.61 Å². The summed E-state index contributed by atoms with van der Waals surface area (Å²) >= 11 is 0. The minimum absolute atomic E-state index is 0.167. The lowest BCUT2D eigenvalue weighted by Crippen LogP contribution is -2.45. The molecule has 0 aliphatic carbocycles. The third kappa shape index (κ3) is 4.82. The Kier molecular flexibility index (Phi) is 7.82. The van der Waals surface area contributed by atoms with Crippen LogP contribution >= 0.6 is 0 Å². The van der Waals surface area contributed by atoms with Gasteiger partial charge in [-0.3, -0.25) is 9.69 Å². The minimum atomic E-state index is -0.814. The molecule has 3 heteroatoms. The first kappa shape index (κ1) is 22.2. The van der Waals surface area contributed by atoms with Gasteiger partial charge in [0.15, 0.2) is 0 Å². The molecule has 28 heavy (non-hydrogen) atoms. The summed E-state index contributed by atoms with van der Waals surface area (Å²) < 4.78 is 5.65. The molecule has 2 aromatic carbocycles. The summed E-state index contributed by atoms with van der Waals surface area (Å²) in [6.45, 7) is 14.0. The van der Waals surface area contributed by atoms with Crippen molar-refractivity contribution < 1.29 is 9.53 Å². The standard InChI is InChI=1S/C25H35NO2/c1-7-28-24(27)25(22-13-9-8-10-14-22,23-15-11-12-21(6)18-23)16-17-26(19(2)3)20(4)5/h8-15,18-20H,7,16-17H2,1-6H3. The zero-order valence-electron chi connectivity index (χ0n) is 18.2. The van der Waals surface area contributed by atoms with Crippen molar-refractivity contribution in [1.82, 2.24) is 4.90 Å². The first-order valence-electron chi connectivity index (χ1n) is 10.4. The zero-order chi connectivity index (χ0) is 20.7. The smallest absolute Gasteiger partial charge is 0.321 e. The fraction of sp³-hybridized carbons (Fsp3) is 0.480. The van der Waals surface area contributed by atoms with Crippen LogP contribution in [0.2, 0.25) is 0 Å². The highest BCUT2D eigenvalue weighted by molar-refractivity contribution is 5.87. The van der Waals surface area contributed by atoms with Crippen molar-refractivity contribution in [2.45, 2.75) is 65.5 Å². The number of aryl methyl sites for hydroxylation is 1. The van der Waals surface area contributed by atoms with Crippen LogP contribution in [0.1, 0.15) is 57.7 Å². The van der Waals surface area contributed by atoms with Gasteiger partial charge in [-0.15, -0.1) is 0 Å². The van der Waals surface area contributed by atoms with Gasteiger partial charge in [0.2, 0.25) is 0 Å². The van der Waals surface area contributed by atoms with Gasteiger partial charge in [0.25, 0.3) is 0 Å². The molecular weight excluding hydrogens is 346 g/mol. The van der Waals surface area contributed by atoms with Crippen molar-refractivity contribution in [3.63, 3.8) is 0 Å². The topological polar surface area (TPSA) is 29.5 Å². The first-order valence-corrected chi connectivity index (χ1v) is 10.4. The van der Waals surface area contributed by atoms with Gasteiger partial charge in [-0.05, 0) is 59.1 Å². The van der Waals surface area contributed by atoms with Crippen LogP contribution in [-0.4, -0.2) is 36.1 Å². The van der Waals surface area contributed by atoms with Crippen LogP contribution in [0.3, 0.4) is 0 Å². The van der Waals surface area contributed by atoms with Crippen LogP contribution in [0.25, 0.3) is 0 Å². The quantitative estimate of drug-likeness (QED) is 0.548. The van der Waals surface area contributed by atoms with E-state index in [-0.39, 0.29) is 5.97 Å². The summed E-state index contributed by atoms with van der Waals surface area (Å²) in [6.07, 6.45) is 0.676. The van der Waals surface area contributed by atoms with Gasteiger partial charge in [-0.1, -0.05) is 60.2 Å². The van der Waals surface area contributed by atoms with Crippen LogP contribution in [0.4, 0.5) is 0 Å². The van der Waals surface area contributed by atoms with E-state index in [9.17, 15) is 4.79 Å². The largest absolute Gasteiger partial charge is 0.465 e. The second-order valence-electron chi connectivity index (χ2n) is 8.04. The van der Waals surface area contributed by atoms with Gasteiger partial charge in [0.1, 0.15) is 5.41 Å². The van der Waals surface area contributed by atoms with E-state index in [1.165, 1.54) is 0 Å². The van der Waals surface area contributed by atoms with Crippen molar-refractivity contribution in [3.05, 3.63) is 71.3 Å². The number of benzene rings is 2. The number of esters is 1. The van der Waals surface area contributed by atoms with E-state index in [1.54, 1.807) is 0 Å². The lowest BCUT2D eigenvalue weighted by Gasteiger charge is -2.37. The van der Waals surface area contributed by atoms with Gasteiger partial charge < -0.3 is 4.74 Å². The molecule has 1 atom stereocenters. The Morgan fingerprint density at radius 2 is 1.57 bits per heavy atom. The molecule has 0 spiro atoms. The van der Waals surface area contributed by atoms with Gasteiger partial charge >= 0.3 is 5.97 Å². The molecule has 152 valence electrons. The number of rotatable bonds is 9. The summed E-state index contributed by atoms with van der Waals surface area (Å²) in [7, 11) is 0. The van der Waals surface area contributed by atoms with E-state index in [0.717, 1.165) is 23.2 Å². The summed E-state index contributed by atoms with van der Waals surface area (Å²) in [6, 6.07) is 19.2. The molecule has 0 aliphatic rings. The van der Waals surface area contributed by atoms with Gasteiger partial charge in [0, 0.05) is 18.6 Å². The molecule has 0 aliphatic heterocycles. The van der Waals surface area contributed by atoms with Crippen LogP contribution in [0, 0.1) is 6.92 Å². The van der Waals surface area contributed by atoms with Crippen molar-refractivity contribution in [2.24, 2.45) is 0 Å². The molecule has 0 saturated heterocycles. The summed E-state index contributed by atoms with van der Waals surface area (Å²) in [5.41, 5.74) is 2.33. The Morgan fingerprint density at radius 1 is 0.964 bits per heavy atom. The molecular formula is C25H35NO2. The third-order valence-electron chi connectivity index (χ3n) is 5.47. The van der Waals surface area contributed by atoms with Crippen molar-refractivity contribution in [3.8, 4) is 0 Å². The van der Waals surface area contributed by atoms with Crippen LogP contribution in [0.15, 0.2) is 54.6 Å². The zero-order valence-corrected chi connectivity index (χ0v) is 18.2. The second kappa shape index (κ2) is 9.88. The molecule has 0 N–H and O–H groups in total. The maximum absolute atomic E-state index is 13.5. The molecule has 2 rings (SSSR count). The number of ether oxygens (including phenoxy) is 1. The Morgan fingerprint density at radius 3 is 2.11 bits per heavy atom. The highest BCUT2D eigenvalue weighted by Crippen LogP contribution is 2.38. The molecule has 0 amide bonds. The molecule has 1 unspecified atom stereocenters. The maximum Gasteiger partial charge on any atom is 0.321 e. The van der Waals surface area contributed by atoms with Crippen LogP contribution in [-0.2, 0) is 14.9 Å². The normalized spacial score (nSPS) is 13.8. The Labute approximate surface area is 170 Å². The number of carbonyl (C=O) groups is 1. The van der Waals surface area contributed by atoms with Crippen molar-refractivity contribution in [1.29, 1.82) is 0 Å². The van der Waals surface area contributed by atoms with E-state index in [4.69, 9.17) is 4.74 Å². The van der Waals surface area contributed by atoms with Gasteiger partial charge in [-0.2, -0.15) is 0 Å². The maximum atomic E-state index is 13.5. The number of hydrogen-bond acceptors (Lipinski definition) is 3. The number of hydrogen-bond donors (Lipinski definition) is 0. The summed E-state index contributed by atoms with van der Waals surface area (Å²) in [5, 5.41) is 0. The predicted molar refractivity (Wildman–Crippen MR) is 117 cm³/mol. The Bertz CT molecular complexity index is 746. The Balaban J connectivity index is 2.61. The highest BCUT2D eigenvalue weighted by atomic mass is 16.5. The molecule has 0 radical (unpaired) electrons. The summed E-state index contributed by atoms with van der Waals surface area (Å²) in [4.78, 5) is 15.9. The molecule has 2 aromatic rings. The summed E-state index contributed by atoms with van der Waals surface area (Å²) in [5.74, 6) is -0.167. The van der Waals surface area contributed by atoms with Gasteiger partial charge in [-0.25, -0.2) is 0 Å². The number of nitrogens with zero attached hydrogens (tertiary/aromatic N) is 1. The first-order chi connectivity index (χ1) is 13.3. The fourth-order valence-electron chi connectivity index (χ4n) is 4.09. The fourth-order valence-corrected chi connectivity index (χ4v) is 4.09. The molecule has 0 heterocycles. The van der Waals surface area contributed by atoms with Crippen molar-refractivity contribution in [2.75, 3.05) is 13.2 Å². The third-order valence-corrected chi connectivity index (χ3v) is 5.47. The Hall–Kier alpha value is -2.13. The van der Waals surface area contributed by atoms with Crippen molar-refractivity contribution >= 4 is 5.97 Å². The van der Waals surface area contributed by atoms with E-state index < -0.39 is 5.41 Å². The lowest BCUT2D eigenvalue weighted by molar-refractivity contribution is -0.149. The molecule has 0 bridgehead atoms. The average molecular weight is 382 g/mol. The van der Waals surface area contributed by atoms with Crippen LogP contribution in [0.5, 0.6) is 0 Å². The van der Waals surface area contributed by atoms with E-state index in [2.05, 4.69) is 57.7 Å². The average Bonchev–Trinajstić information content (AvgIpc) is 2.65. The minimum Gasteiger partial charge on any atom is -0.465 e. The van der Waals surface area contributed by atoms with E-state index >= 15 is 0 Å². The van der Waals surface area contributed by atoms with E-state index in [0.29, 0.717) is 25.1 Å². The second-order valence-corrected chi connectivity index (χ2v) is 8.04. The highest BCUT2D eigenvalue weighted by Gasteiger charge is 2.43. The molecule has 3 nitrogen and oxygen atoms in total. The lowest BCUT2D eigenvalue weighted by atomic mass is 9.71. The SMILES string of the molecule is CCOC(=O)C(CCN(C(C)C)C(C)C)(c1ccccc1)c1cccc(C)c1.